The van der Waals surface area contributed by atoms with Gasteiger partial charge in [-0.25, -0.2) is 9.97 Å². The van der Waals surface area contributed by atoms with Gasteiger partial charge >= 0.3 is 0 Å². The summed E-state index contributed by atoms with van der Waals surface area (Å²) in [6.45, 7) is 8.53. The SMILES string of the molecule is Cc1cc(C(C)(C)C)ccc1Oc1cnc(C#N)cn1. The number of aryl methyl sites for hydroxylation is 1. The Morgan fingerprint density at radius 1 is 1.15 bits per heavy atom. The Bertz CT molecular complexity index is 649. The molecule has 2 rings (SSSR count). The highest BCUT2D eigenvalue weighted by Crippen LogP contribution is 2.29. The van der Waals surface area contributed by atoms with Crippen LogP contribution in [-0.2, 0) is 5.41 Å². The van der Waals surface area contributed by atoms with E-state index in [1.807, 2.05) is 19.1 Å². The summed E-state index contributed by atoms with van der Waals surface area (Å²) in [6, 6.07) is 8.04. The zero-order valence-electron chi connectivity index (χ0n) is 12.1. The first-order chi connectivity index (χ1) is 9.40. The van der Waals surface area contributed by atoms with Crippen molar-refractivity contribution in [1.82, 2.24) is 9.97 Å². The van der Waals surface area contributed by atoms with Crippen LogP contribution in [0.4, 0.5) is 0 Å². The van der Waals surface area contributed by atoms with Crippen molar-refractivity contribution >= 4 is 0 Å². The molecule has 1 heterocycles. The van der Waals surface area contributed by atoms with Crippen LogP contribution >= 0.6 is 0 Å². The number of hydrogen-bond acceptors (Lipinski definition) is 4. The van der Waals surface area contributed by atoms with Gasteiger partial charge in [-0.2, -0.15) is 5.26 Å². The third kappa shape index (κ3) is 3.12. The van der Waals surface area contributed by atoms with Crippen LogP contribution in [0.3, 0.4) is 0 Å². The molecule has 0 fully saturated rings. The van der Waals surface area contributed by atoms with Crippen LogP contribution in [0.1, 0.15) is 37.6 Å². The Kier molecular flexibility index (Phi) is 3.71. The third-order valence-electron chi connectivity index (χ3n) is 3.00. The van der Waals surface area contributed by atoms with E-state index in [1.165, 1.54) is 18.0 Å². The number of nitrogens with zero attached hydrogens (tertiary/aromatic N) is 3. The van der Waals surface area contributed by atoms with Crippen molar-refractivity contribution in [3.8, 4) is 17.7 Å². The summed E-state index contributed by atoms with van der Waals surface area (Å²) in [5, 5.41) is 8.68. The molecular weight excluding hydrogens is 250 g/mol. The average Bonchev–Trinajstić information content (AvgIpc) is 2.41. The molecule has 0 unspecified atom stereocenters. The van der Waals surface area contributed by atoms with Crippen molar-refractivity contribution in [2.24, 2.45) is 0 Å². The molecule has 0 saturated heterocycles. The van der Waals surface area contributed by atoms with E-state index >= 15 is 0 Å². The lowest BCUT2D eigenvalue weighted by Crippen LogP contribution is -2.11. The van der Waals surface area contributed by atoms with Gasteiger partial charge in [-0.1, -0.05) is 32.9 Å². The van der Waals surface area contributed by atoms with Crippen molar-refractivity contribution in [3.05, 3.63) is 47.4 Å². The summed E-state index contributed by atoms with van der Waals surface area (Å²) in [5.41, 5.74) is 2.69. The first-order valence-corrected chi connectivity index (χ1v) is 6.41. The maximum absolute atomic E-state index is 8.68. The molecule has 0 N–H and O–H groups in total. The average molecular weight is 267 g/mol. The van der Waals surface area contributed by atoms with E-state index in [4.69, 9.17) is 10.00 Å². The van der Waals surface area contributed by atoms with Gasteiger partial charge < -0.3 is 4.74 Å². The van der Waals surface area contributed by atoms with Crippen molar-refractivity contribution in [3.63, 3.8) is 0 Å². The Labute approximate surface area is 119 Å². The molecule has 0 bridgehead atoms. The number of rotatable bonds is 2. The van der Waals surface area contributed by atoms with Crippen LogP contribution < -0.4 is 4.74 Å². The first kappa shape index (κ1) is 14.0. The molecule has 0 aliphatic heterocycles. The minimum Gasteiger partial charge on any atom is -0.437 e. The molecular formula is C16H17N3O. The fraction of sp³-hybridized carbons (Fsp3) is 0.312. The van der Waals surface area contributed by atoms with E-state index in [1.54, 1.807) is 0 Å². The number of aromatic nitrogens is 2. The molecule has 2 aromatic rings. The summed E-state index contributed by atoms with van der Waals surface area (Å²) in [4.78, 5) is 7.98. The van der Waals surface area contributed by atoms with Gasteiger partial charge in [0.15, 0.2) is 5.69 Å². The molecule has 102 valence electrons. The highest BCUT2D eigenvalue weighted by Gasteiger charge is 2.15. The quantitative estimate of drug-likeness (QED) is 0.831. The normalized spacial score (nSPS) is 10.9. The first-order valence-electron chi connectivity index (χ1n) is 6.41. The molecule has 0 atom stereocenters. The maximum atomic E-state index is 8.68. The van der Waals surface area contributed by atoms with Crippen LogP contribution in [0.15, 0.2) is 30.6 Å². The van der Waals surface area contributed by atoms with Gasteiger partial charge in [0.05, 0.1) is 12.4 Å². The molecule has 4 nitrogen and oxygen atoms in total. The van der Waals surface area contributed by atoms with Crippen molar-refractivity contribution in [1.29, 1.82) is 5.26 Å². The fourth-order valence-electron chi connectivity index (χ4n) is 1.77. The highest BCUT2D eigenvalue weighted by atomic mass is 16.5. The molecule has 0 aliphatic carbocycles. The third-order valence-corrected chi connectivity index (χ3v) is 3.00. The number of hydrogen-bond donors (Lipinski definition) is 0. The molecule has 4 heteroatoms. The number of nitriles is 1. The molecule has 0 amide bonds. The lowest BCUT2D eigenvalue weighted by molar-refractivity contribution is 0.455. The second-order valence-electron chi connectivity index (χ2n) is 5.68. The lowest BCUT2D eigenvalue weighted by atomic mass is 9.86. The minimum atomic E-state index is 0.109. The smallest absolute Gasteiger partial charge is 0.237 e. The fourth-order valence-corrected chi connectivity index (χ4v) is 1.77. The van der Waals surface area contributed by atoms with Crippen molar-refractivity contribution in [2.75, 3.05) is 0 Å². The van der Waals surface area contributed by atoms with E-state index in [0.29, 0.717) is 5.88 Å². The predicted octanol–water partition coefficient (Wildman–Crippen LogP) is 3.75. The number of benzene rings is 1. The van der Waals surface area contributed by atoms with Crippen LogP contribution in [0, 0.1) is 18.3 Å². The molecule has 1 aromatic heterocycles. The van der Waals surface area contributed by atoms with Crippen LogP contribution in [0.2, 0.25) is 0 Å². The highest BCUT2D eigenvalue weighted by molar-refractivity contribution is 5.40. The Morgan fingerprint density at radius 3 is 2.40 bits per heavy atom. The monoisotopic (exact) mass is 267 g/mol. The summed E-state index contributed by atoms with van der Waals surface area (Å²) in [5.74, 6) is 1.13. The van der Waals surface area contributed by atoms with E-state index in [-0.39, 0.29) is 11.1 Å². The maximum Gasteiger partial charge on any atom is 0.237 e. The molecule has 0 radical (unpaired) electrons. The summed E-state index contributed by atoms with van der Waals surface area (Å²) in [7, 11) is 0. The Morgan fingerprint density at radius 2 is 1.90 bits per heavy atom. The van der Waals surface area contributed by atoms with Gasteiger partial charge in [-0.3, -0.25) is 0 Å². The van der Waals surface area contributed by atoms with E-state index in [0.717, 1.165) is 11.3 Å². The summed E-state index contributed by atoms with van der Waals surface area (Å²) in [6.07, 6.45) is 2.85. The standard InChI is InChI=1S/C16H17N3O/c1-11-7-12(16(2,3)4)5-6-14(11)20-15-10-18-13(8-17)9-19-15/h5-7,9-10H,1-4H3. The van der Waals surface area contributed by atoms with E-state index in [2.05, 4.69) is 42.9 Å². The molecule has 1 aromatic carbocycles. The van der Waals surface area contributed by atoms with Gasteiger partial charge in [-0.15, -0.1) is 0 Å². The second-order valence-corrected chi connectivity index (χ2v) is 5.68. The zero-order valence-corrected chi connectivity index (χ0v) is 12.1. The van der Waals surface area contributed by atoms with Crippen LogP contribution in [0.5, 0.6) is 11.6 Å². The topological polar surface area (TPSA) is 58.8 Å². The zero-order chi connectivity index (χ0) is 14.8. The van der Waals surface area contributed by atoms with Crippen molar-refractivity contribution < 1.29 is 4.74 Å². The minimum absolute atomic E-state index is 0.109. The summed E-state index contributed by atoms with van der Waals surface area (Å²) < 4.78 is 5.69. The van der Waals surface area contributed by atoms with Crippen LogP contribution in [-0.4, -0.2) is 9.97 Å². The Hall–Kier alpha value is -2.41. The molecule has 20 heavy (non-hydrogen) atoms. The van der Waals surface area contributed by atoms with Gasteiger partial charge in [0.2, 0.25) is 5.88 Å². The molecule has 0 aliphatic rings. The number of ether oxygens (including phenoxy) is 1. The van der Waals surface area contributed by atoms with Gasteiger partial charge in [0.1, 0.15) is 11.8 Å². The second kappa shape index (κ2) is 5.30. The van der Waals surface area contributed by atoms with E-state index < -0.39 is 0 Å². The molecule has 0 spiro atoms. The van der Waals surface area contributed by atoms with Gasteiger partial charge in [0, 0.05) is 0 Å². The van der Waals surface area contributed by atoms with Gasteiger partial charge in [0.25, 0.3) is 0 Å². The summed E-state index contributed by atoms with van der Waals surface area (Å²) >= 11 is 0. The van der Waals surface area contributed by atoms with Crippen LogP contribution in [0.25, 0.3) is 0 Å². The molecule has 0 saturated carbocycles. The lowest BCUT2D eigenvalue weighted by Gasteiger charge is -2.20. The largest absolute Gasteiger partial charge is 0.437 e. The predicted molar refractivity (Wildman–Crippen MR) is 76.7 cm³/mol. The van der Waals surface area contributed by atoms with Gasteiger partial charge in [-0.05, 0) is 29.5 Å². The van der Waals surface area contributed by atoms with E-state index in [9.17, 15) is 0 Å². The van der Waals surface area contributed by atoms with Crippen molar-refractivity contribution in [2.45, 2.75) is 33.1 Å². The Balaban J connectivity index is 2.23.